The van der Waals surface area contributed by atoms with E-state index in [2.05, 4.69) is 0 Å². The lowest BCUT2D eigenvalue weighted by Gasteiger charge is -2.12. The van der Waals surface area contributed by atoms with Crippen molar-refractivity contribution in [2.75, 3.05) is 5.73 Å². The van der Waals surface area contributed by atoms with Crippen molar-refractivity contribution in [2.24, 2.45) is 0 Å². The lowest BCUT2D eigenvalue weighted by molar-refractivity contribution is -0.145. The third kappa shape index (κ3) is 2.65. The van der Waals surface area contributed by atoms with Crippen LogP contribution in [0.1, 0.15) is 13.3 Å². The van der Waals surface area contributed by atoms with Crippen molar-refractivity contribution in [3.8, 4) is 5.75 Å². The zero-order valence-electron chi connectivity index (χ0n) is 7.93. The summed E-state index contributed by atoms with van der Waals surface area (Å²) in [6, 6.07) is 6.72. The second kappa shape index (κ2) is 4.50. The number of hydrogen-bond donors (Lipinski definition) is 2. The minimum absolute atomic E-state index is 0.421. The van der Waals surface area contributed by atoms with Crippen molar-refractivity contribution in [3.63, 3.8) is 0 Å². The highest BCUT2D eigenvalue weighted by atomic mass is 16.5. The molecule has 1 rings (SSSR count). The van der Waals surface area contributed by atoms with Gasteiger partial charge in [-0.25, -0.2) is 4.79 Å². The van der Waals surface area contributed by atoms with Crippen LogP contribution in [0.2, 0.25) is 0 Å². The van der Waals surface area contributed by atoms with Crippen molar-refractivity contribution in [1.29, 1.82) is 0 Å². The second-order valence-electron chi connectivity index (χ2n) is 2.93. The first-order valence-electron chi connectivity index (χ1n) is 4.38. The average Bonchev–Trinajstić information content (AvgIpc) is 2.14. The molecule has 1 atom stereocenters. The van der Waals surface area contributed by atoms with Gasteiger partial charge in [-0.2, -0.15) is 0 Å². The summed E-state index contributed by atoms with van der Waals surface area (Å²) in [4.78, 5) is 10.7. The van der Waals surface area contributed by atoms with E-state index in [1.165, 1.54) is 0 Å². The van der Waals surface area contributed by atoms with E-state index in [1.54, 1.807) is 31.2 Å². The summed E-state index contributed by atoms with van der Waals surface area (Å²) in [6.45, 7) is 1.76. The topological polar surface area (TPSA) is 72.5 Å². The van der Waals surface area contributed by atoms with E-state index >= 15 is 0 Å². The van der Waals surface area contributed by atoms with Crippen molar-refractivity contribution in [1.82, 2.24) is 0 Å². The first kappa shape index (κ1) is 10.4. The largest absolute Gasteiger partial charge is 0.479 e. The lowest BCUT2D eigenvalue weighted by Crippen LogP contribution is -2.25. The molecule has 1 aromatic rings. The number of hydrogen-bond acceptors (Lipinski definition) is 3. The molecular weight excluding hydrogens is 182 g/mol. The van der Waals surface area contributed by atoms with Gasteiger partial charge in [0, 0.05) is 11.8 Å². The van der Waals surface area contributed by atoms with Gasteiger partial charge in [-0.3, -0.25) is 0 Å². The van der Waals surface area contributed by atoms with E-state index in [4.69, 9.17) is 15.6 Å². The van der Waals surface area contributed by atoms with E-state index in [0.717, 1.165) is 0 Å². The summed E-state index contributed by atoms with van der Waals surface area (Å²) in [5.74, 6) is -0.478. The Balaban J connectivity index is 2.72. The molecule has 0 heterocycles. The van der Waals surface area contributed by atoms with Gasteiger partial charge in [-0.15, -0.1) is 0 Å². The van der Waals surface area contributed by atoms with E-state index in [-0.39, 0.29) is 0 Å². The minimum Gasteiger partial charge on any atom is -0.479 e. The minimum atomic E-state index is -0.963. The number of benzene rings is 1. The molecule has 0 unspecified atom stereocenters. The molecule has 1 aromatic carbocycles. The Morgan fingerprint density at radius 3 is 2.86 bits per heavy atom. The van der Waals surface area contributed by atoms with Crippen molar-refractivity contribution in [2.45, 2.75) is 19.4 Å². The van der Waals surface area contributed by atoms with Crippen LogP contribution in [0.15, 0.2) is 24.3 Å². The quantitative estimate of drug-likeness (QED) is 0.714. The van der Waals surface area contributed by atoms with Crippen LogP contribution >= 0.6 is 0 Å². The maximum Gasteiger partial charge on any atom is 0.344 e. The predicted molar refractivity (Wildman–Crippen MR) is 53.2 cm³/mol. The summed E-state index contributed by atoms with van der Waals surface area (Å²) in [6.07, 6.45) is -0.388. The fourth-order valence-corrected chi connectivity index (χ4v) is 1.06. The monoisotopic (exact) mass is 195 g/mol. The summed E-state index contributed by atoms with van der Waals surface area (Å²) in [7, 11) is 0. The van der Waals surface area contributed by atoms with Gasteiger partial charge >= 0.3 is 5.97 Å². The van der Waals surface area contributed by atoms with Gasteiger partial charge in [0.2, 0.25) is 0 Å². The Bertz CT molecular complexity index is 325. The Morgan fingerprint density at radius 1 is 1.64 bits per heavy atom. The number of rotatable bonds is 4. The highest BCUT2D eigenvalue weighted by Crippen LogP contribution is 2.16. The third-order valence-corrected chi connectivity index (χ3v) is 1.78. The molecule has 0 fully saturated rings. The van der Waals surface area contributed by atoms with Crippen LogP contribution < -0.4 is 10.5 Å². The molecule has 0 saturated carbocycles. The van der Waals surface area contributed by atoms with Crippen LogP contribution in [0, 0.1) is 0 Å². The molecule has 0 saturated heterocycles. The summed E-state index contributed by atoms with van der Waals surface area (Å²) in [5.41, 5.74) is 6.08. The van der Waals surface area contributed by atoms with E-state index in [9.17, 15) is 4.79 Å². The van der Waals surface area contributed by atoms with Gasteiger partial charge in [-0.1, -0.05) is 13.0 Å². The number of carboxylic acid groups (broad SMARTS) is 1. The Morgan fingerprint density at radius 2 is 2.36 bits per heavy atom. The Labute approximate surface area is 82.3 Å². The first-order valence-corrected chi connectivity index (χ1v) is 4.38. The zero-order chi connectivity index (χ0) is 10.6. The Kier molecular flexibility index (Phi) is 3.34. The van der Waals surface area contributed by atoms with Gasteiger partial charge in [0.1, 0.15) is 5.75 Å². The predicted octanol–water partition coefficient (Wildman–Crippen LogP) is 1.51. The fourth-order valence-electron chi connectivity index (χ4n) is 1.06. The number of carbonyl (C=O) groups is 1. The molecule has 3 N–H and O–H groups in total. The van der Waals surface area contributed by atoms with E-state index in [0.29, 0.717) is 17.9 Å². The highest BCUT2D eigenvalue weighted by Gasteiger charge is 2.16. The molecule has 0 spiro atoms. The molecule has 0 amide bonds. The van der Waals surface area contributed by atoms with Crippen LogP contribution in [-0.4, -0.2) is 17.2 Å². The fraction of sp³-hybridized carbons (Fsp3) is 0.300. The number of aliphatic carboxylic acids is 1. The summed E-state index contributed by atoms with van der Waals surface area (Å²) in [5, 5.41) is 8.75. The maximum atomic E-state index is 10.7. The number of nitrogens with two attached hydrogens (primary N) is 1. The maximum absolute atomic E-state index is 10.7. The van der Waals surface area contributed by atoms with Gasteiger partial charge in [-0.05, 0) is 18.6 Å². The van der Waals surface area contributed by atoms with Crippen molar-refractivity contribution >= 4 is 11.7 Å². The van der Waals surface area contributed by atoms with Gasteiger partial charge < -0.3 is 15.6 Å². The Hall–Kier alpha value is -1.71. The number of nitrogen functional groups attached to an aromatic ring is 1. The van der Waals surface area contributed by atoms with Crippen molar-refractivity contribution in [3.05, 3.63) is 24.3 Å². The molecular formula is C10H13NO3. The first-order chi connectivity index (χ1) is 6.63. The van der Waals surface area contributed by atoms with Gasteiger partial charge in [0.25, 0.3) is 0 Å². The molecule has 0 aliphatic carbocycles. The molecule has 4 heteroatoms. The van der Waals surface area contributed by atoms with Gasteiger partial charge in [0.15, 0.2) is 6.10 Å². The lowest BCUT2D eigenvalue weighted by atomic mass is 10.2. The van der Waals surface area contributed by atoms with Crippen molar-refractivity contribution < 1.29 is 14.6 Å². The van der Waals surface area contributed by atoms with Crippen LogP contribution in [0.4, 0.5) is 5.69 Å². The molecule has 0 aromatic heterocycles. The molecule has 4 nitrogen and oxygen atoms in total. The number of carboxylic acids is 1. The van der Waals surface area contributed by atoms with Gasteiger partial charge in [0.05, 0.1) is 0 Å². The molecule has 0 radical (unpaired) electrons. The van der Waals surface area contributed by atoms with Crippen LogP contribution in [0.25, 0.3) is 0 Å². The number of ether oxygens (including phenoxy) is 1. The summed E-state index contributed by atoms with van der Waals surface area (Å²) >= 11 is 0. The smallest absolute Gasteiger partial charge is 0.344 e. The molecule has 76 valence electrons. The summed E-state index contributed by atoms with van der Waals surface area (Å²) < 4.78 is 5.23. The number of anilines is 1. The standard InChI is InChI=1S/C10H13NO3/c1-2-9(10(12)13)14-8-5-3-4-7(11)6-8/h3-6,9H,2,11H2,1H3,(H,12,13)/t9-/m1/s1. The molecule has 0 bridgehead atoms. The average molecular weight is 195 g/mol. The third-order valence-electron chi connectivity index (χ3n) is 1.78. The zero-order valence-corrected chi connectivity index (χ0v) is 7.93. The normalized spacial score (nSPS) is 12.1. The van der Waals surface area contributed by atoms with Crippen LogP contribution in [0.3, 0.4) is 0 Å². The molecule has 0 aliphatic rings. The molecule has 0 aliphatic heterocycles. The molecule has 14 heavy (non-hydrogen) atoms. The van der Waals surface area contributed by atoms with E-state index < -0.39 is 12.1 Å². The highest BCUT2D eigenvalue weighted by molar-refractivity contribution is 5.72. The van der Waals surface area contributed by atoms with Crippen LogP contribution in [0.5, 0.6) is 5.75 Å². The second-order valence-corrected chi connectivity index (χ2v) is 2.93. The SMILES string of the molecule is CC[C@@H](Oc1cccc(N)c1)C(=O)O. The van der Waals surface area contributed by atoms with E-state index in [1.807, 2.05) is 0 Å². The van der Waals surface area contributed by atoms with Crippen LogP contribution in [-0.2, 0) is 4.79 Å².